The number of hydrogen-bond donors (Lipinski definition) is 1. The fraction of sp³-hybridized carbons (Fsp3) is 0.941. The van der Waals surface area contributed by atoms with Crippen molar-refractivity contribution in [2.75, 3.05) is 32.8 Å². The molecular formula is C17H36N2O2. The van der Waals surface area contributed by atoms with Crippen molar-refractivity contribution in [2.24, 2.45) is 5.92 Å². The minimum atomic E-state index is -0.555. The number of carbonyl (C=O) groups excluding carboxylic acids is 1. The van der Waals surface area contributed by atoms with Gasteiger partial charge in [0.05, 0.1) is 6.61 Å². The number of hydrogen-bond acceptors (Lipinski definition) is 4. The van der Waals surface area contributed by atoms with Crippen LogP contribution in [0.25, 0.3) is 0 Å². The van der Waals surface area contributed by atoms with E-state index in [4.69, 9.17) is 4.74 Å². The molecule has 0 fully saturated rings. The van der Waals surface area contributed by atoms with Crippen molar-refractivity contribution in [1.82, 2.24) is 10.2 Å². The standard InChI is InChI=1S/C17H36N2O2/c1-7-15(5)14-19(9-3)13-11-12-17(6,18-8-2)16(20)21-10-4/h15,18H,7-14H2,1-6H3. The first-order chi connectivity index (χ1) is 9.93. The van der Waals surface area contributed by atoms with Crippen molar-refractivity contribution >= 4 is 5.97 Å². The van der Waals surface area contributed by atoms with E-state index in [1.807, 2.05) is 20.8 Å². The average molecular weight is 300 g/mol. The third kappa shape index (κ3) is 7.82. The maximum atomic E-state index is 12.1. The third-order valence-corrected chi connectivity index (χ3v) is 4.16. The van der Waals surface area contributed by atoms with Gasteiger partial charge in [0, 0.05) is 6.54 Å². The smallest absolute Gasteiger partial charge is 0.326 e. The third-order valence-electron chi connectivity index (χ3n) is 4.16. The first-order valence-electron chi connectivity index (χ1n) is 8.57. The normalized spacial score (nSPS) is 15.8. The van der Waals surface area contributed by atoms with E-state index in [2.05, 4.69) is 31.0 Å². The van der Waals surface area contributed by atoms with E-state index in [-0.39, 0.29) is 5.97 Å². The van der Waals surface area contributed by atoms with E-state index in [0.717, 1.165) is 44.9 Å². The second kappa shape index (κ2) is 11.0. The Hall–Kier alpha value is -0.610. The summed E-state index contributed by atoms with van der Waals surface area (Å²) in [6, 6.07) is 0. The fourth-order valence-electron chi connectivity index (χ4n) is 2.55. The number of nitrogens with zero attached hydrogens (tertiary/aromatic N) is 1. The van der Waals surface area contributed by atoms with E-state index in [9.17, 15) is 4.79 Å². The average Bonchev–Trinajstić information content (AvgIpc) is 2.46. The highest BCUT2D eigenvalue weighted by atomic mass is 16.5. The molecule has 0 aliphatic heterocycles. The maximum Gasteiger partial charge on any atom is 0.326 e. The lowest BCUT2D eigenvalue weighted by Crippen LogP contribution is -2.50. The summed E-state index contributed by atoms with van der Waals surface area (Å²) in [4.78, 5) is 14.6. The molecule has 0 rings (SSSR count). The molecule has 4 heteroatoms. The van der Waals surface area contributed by atoms with Gasteiger partial charge in [-0.3, -0.25) is 4.79 Å². The molecule has 0 spiro atoms. The Balaban J connectivity index is 4.37. The van der Waals surface area contributed by atoms with Crippen molar-refractivity contribution in [1.29, 1.82) is 0 Å². The molecular weight excluding hydrogens is 264 g/mol. The molecule has 2 atom stereocenters. The van der Waals surface area contributed by atoms with Crippen LogP contribution in [-0.4, -0.2) is 49.2 Å². The molecule has 0 amide bonds. The van der Waals surface area contributed by atoms with Gasteiger partial charge in [0.1, 0.15) is 5.54 Å². The van der Waals surface area contributed by atoms with Gasteiger partial charge in [-0.05, 0) is 52.2 Å². The predicted molar refractivity (Wildman–Crippen MR) is 89.5 cm³/mol. The summed E-state index contributed by atoms with van der Waals surface area (Å²) in [5.41, 5.74) is -0.555. The Morgan fingerprint density at radius 2 is 1.95 bits per heavy atom. The van der Waals surface area contributed by atoms with Gasteiger partial charge >= 0.3 is 5.97 Å². The number of esters is 1. The SMILES string of the molecule is CCNC(C)(CCCN(CC)CC(C)CC)C(=O)OCC. The highest BCUT2D eigenvalue weighted by Crippen LogP contribution is 2.16. The molecule has 0 aliphatic carbocycles. The van der Waals surface area contributed by atoms with E-state index in [0.29, 0.717) is 6.61 Å². The van der Waals surface area contributed by atoms with Gasteiger partial charge in [0.25, 0.3) is 0 Å². The van der Waals surface area contributed by atoms with Gasteiger partial charge < -0.3 is 15.0 Å². The van der Waals surface area contributed by atoms with Gasteiger partial charge in [0.2, 0.25) is 0 Å². The molecule has 2 unspecified atom stereocenters. The second-order valence-electron chi connectivity index (χ2n) is 6.09. The Kier molecular flexibility index (Phi) is 10.7. The highest BCUT2D eigenvalue weighted by Gasteiger charge is 2.33. The number of ether oxygens (including phenoxy) is 1. The largest absolute Gasteiger partial charge is 0.465 e. The van der Waals surface area contributed by atoms with Crippen LogP contribution >= 0.6 is 0 Å². The highest BCUT2D eigenvalue weighted by molar-refractivity contribution is 5.80. The summed E-state index contributed by atoms with van der Waals surface area (Å²) in [5.74, 6) is 0.604. The van der Waals surface area contributed by atoms with Crippen molar-refractivity contribution < 1.29 is 9.53 Å². The zero-order valence-electron chi connectivity index (χ0n) is 15.0. The van der Waals surface area contributed by atoms with Crippen molar-refractivity contribution in [3.8, 4) is 0 Å². The monoisotopic (exact) mass is 300 g/mol. The lowest BCUT2D eigenvalue weighted by atomic mass is 9.95. The minimum Gasteiger partial charge on any atom is -0.465 e. The predicted octanol–water partition coefficient (Wildman–Crippen LogP) is 3.07. The summed E-state index contributed by atoms with van der Waals surface area (Å²) in [6.45, 7) is 17.1. The molecule has 126 valence electrons. The van der Waals surface area contributed by atoms with Gasteiger partial charge in [-0.2, -0.15) is 0 Å². The summed E-state index contributed by atoms with van der Waals surface area (Å²) >= 11 is 0. The van der Waals surface area contributed by atoms with Gasteiger partial charge in [-0.15, -0.1) is 0 Å². The van der Waals surface area contributed by atoms with Gasteiger partial charge in [0.15, 0.2) is 0 Å². The van der Waals surface area contributed by atoms with E-state index in [1.54, 1.807) is 0 Å². The lowest BCUT2D eigenvalue weighted by Gasteiger charge is -2.30. The van der Waals surface area contributed by atoms with Crippen molar-refractivity contribution in [2.45, 2.75) is 66.3 Å². The molecule has 0 aliphatic rings. The molecule has 0 heterocycles. The number of rotatable bonds is 12. The van der Waals surface area contributed by atoms with Gasteiger partial charge in [-0.25, -0.2) is 0 Å². The van der Waals surface area contributed by atoms with Crippen LogP contribution in [-0.2, 0) is 9.53 Å². The molecule has 0 bridgehead atoms. The minimum absolute atomic E-state index is 0.128. The molecule has 0 saturated carbocycles. The Labute approximate surface area is 131 Å². The van der Waals surface area contributed by atoms with E-state index < -0.39 is 5.54 Å². The molecule has 0 aromatic rings. The quantitative estimate of drug-likeness (QED) is 0.562. The number of likely N-dealkylation sites (N-methyl/N-ethyl adjacent to an activating group) is 1. The summed E-state index contributed by atoms with van der Waals surface area (Å²) < 4.78 is 5.21. The molecule has 21 heavy (non-hydrogen) atoms. The van der Waals surface area contributed by atoms with Crippen LogP contribution in [0, 0.1) is 5.92 Å². The van der Waals surface area contributed by atoms with E-state index >= 15 is 0 Å². The molecule has 1 N–H and O–H groups in total. The summed E-state index contributed by atoms with van der Waals surface area (Å²) in [5, 5.41) is 3.29. The van der Waals surface area contributed by atoms with Crippen LogP contribution in [0.1, 0.15) is 60.8 Å². The zero-order chi connectivity index (χ0) is 16.3. The maximum absolute atomic E-state index is 12.1. The molecule has 0 saturated heterocycles. The van der Waals surface area contributed by atoms with E-state index in [1.165, 1.54) is 6.42 Å². The second-order valence-corrected chi connectivity index (χ2v) is 6.09. The van der Waals surface area contributed by atoms with Crippen LogP contribution in [0.5, 0.6) is 0 Å². The Bertz CT molecular complexity index is 284. The Morgan fingerprint density at radius 3 is 2.43 bits per heavy atom. The van der Waals surface area contributed by atoms with Crippen LogP contribution in [0.3, 0.4) is 0 Å². The molecule has 0 radical (unpaired) electrons. The summed E-state index contributed by atoms with van der Waals surface area (Å²) in [6.07, 6.45) is 3.04. The molecule has 0 aromatic carbocycles. The fourth-order valence-corrected chi connectivity index (χ4v) is 2.55. The lowest BCUT2D eigenvalue weighted by molar-refractivity contribution is -0.150. The zero-order valence-corrected chi connectivity index (χ0v) is 15.0. The Morgan fingerprint density at radius 1 is 1.29 bits per heavy atom. The topological polar surface area (TPSA) is 41.6 Å². The molecule has 0 aromatic heterocycles. The van der Waals surface area contributed by atoms with Gasteiger partial charge in [-0.1, -0.05) is 34.1 Å². The van der Waals surface area contributed by atoms with Crippen molar-refractivity contribution in [3.05, 3.63) is 0 Å². The summed E-state index contributed by atoms with van der Waals surface area (Å²) in [7, 11) is 0. The number of carbonyl (C=O) groups is 1. The van der Waals surface area contributed by atoms with Crippen molar-refractivity contribution in [3.63, 3.8) is 0 Å². The van der Waals surface area contributed by atoms with Crippen LogP contribution < -0.4 is 5.32 Å². The van der Waals surface area contributed by atoms with Crippen LogP contribution in [0.4, 0.5) is 0 Å². The van der Waals surface area contributed by atoms with Crippen LogP contribution in [0.15, 0.2) is 0 Å². The number of nitrogens with one attached hydrogen (secondary N) is 1. The first kappa shape index (κ1) is 20.4. The molecule has 4 nitrogen and oxygen atoms in total. The van der Waals surface area contributed by atoms with Crippen LogP contribution in [0.2, 0.25) is 0 Å². The first-order valence-corrected chi connectivity index (χ1v) is 8.57.